The van der Waals surface area contributed by atoms with Gasteiger partial charge in [-0.05, 0) is 43.8 Å². The smallest absolute Gasteiger partial charge is 0.126 e. The van der Waals surface area contributed by atoms with Gasteiger partial charge in [-0.15, -0.1) is 11.8 Å². The van der Waals surface area contributed by atoms with Crippen LogP contribution < -0.4 is 5.32 Å². The number of rotatable bonds is 5. The Morgan fingerprint density at radius 2 is 1.65 bits per heavy atom. The highest BCUT2D eigenvalue weighted by Crippen LogP contribution is 2.25. The summed E-state index contributed by atoms with van der Waals surface area (Å²) in [5.41, 5.74) is 1.84. The highest BCUT2D eigenvalue weighted by Gasteiger charge is 2.12. The second-order valence-corrected chi connectivity index (χ2v) is 5.76. The zero-order valence-corrected chi connectivity index (χ0v) is 12.3. The molecular weight excluding hydrogens is 276 g/mol. The van der Waals surface area contributed by atoms with Crippen molar-refractivity contribution in [1.82, 2.24) is 5.32 Å². The summed E-state index contributed by atoms with van der Waals surface area (Å²) in [5.74, 6) is -0.371. The van der Waals surface area contributed by atoms with E-state index in [1.807, 2.05) is 6.92 Å². The molecule has 0 saturated carbocycles. The van der Waals surface area contributed by atoms with Crippen LogP contribution in [0.25, 0.3) is 0 Å². The van der Waals surface area contributed by atoms with E-state index in [0.717, 1.165) is 11.0 Å². The number of aryl methyl sites for hydroxylation is 1. The van der Waals surface area contributed by atoms with Gasteiger partial charge in [0, 0.05) is 22.8 Å². The van der Waals surface area contributed by atoms with E-state index in [1.54, 1.807) is 18.8 Å². The molecule has 20 heavy (non-hydrogen) atoms. The van der Waals surface area contributed by atoms with Crippen LogP contribution in [0.3, 0.4) is 0 Å². The van der Waals surface area contributed by atoms with Crippen molar-refractivity contribution >= 4 is 11.8 Å². The average Bonchev–Trinajstić information content (AvgIpc) is 2.40. The molecule has 0 saturated heterocycles. The van der Waals surface area contributed by atoms with Crippen molar-refractivity contribution < 1.29 is 8.78 Å². The normalized spacial score (nSPS) is 12.4. The lowest BCUT2D eigenvalue weighted by Gasteiger charge is -2.16. The van der Waals surface area contributed by atoms with Crippen LogP contribution >= 0.6 is 11.8 Å². The summed E-state index contributed by atoms with van der Waals surface area (Å²) in [6, 6.07) is 11.8. The van der Waals surface area contributed by atoms with Gasteiger partial charge in [0.1, 0.15) is 11.6 Å². The van der Waals surface area contributed by atoms with Gasteiger partial charge in [-0.2, -0.15) is 0 Å². The second kappa shape index (κ2) is 6.86. The maximum atomic E-state index is 13.3. The van der Waals surface area contributed by atoms with Gasteiger partial charge < -0.3 is 5.32 Å². The molecule has 0 radical (unpaired) electrons. The first-order valence-electron chi connectivity index (χ1n) is 6.41. The molecule has 0 amide bonds. The summed E-state index contributed by atoms with van der Waals surface area (Å²) in [7, 11) is 1.79. The number of nitrogens with one attached hydrogen (secondary N) is 1. The van der Waals surface area contributed by atoms with E-state index >= 15 is 0 Å². The molecule has 0 fully saturated rings. The number of halogens is 2. The van der Waals surface area contributed by atoms with Crippen LogP contribution in [0.5, 0.6) is 0 Å². The van der Waals surface area contributed by atoms with E-state index in [9.17, 15) is 8.78 Å². The number of benzene rings is 2. The Morgan fingerprint density at radius 1 is 1.05 bits per heavy atom. The van der Waals surface area contributed by atoms with E-state index in [1.165, 1.54) is 17.7 Å². The fourth-order valence-corrected chi connectivity index (χ4v) is 2.98. The van der Waals surface area contributed by atoms with E-state index in [-0.39, 0.29) is 6.04 Å². The molecule has 0 aromatic heterocycles. The van der Waals surface area contributed by atoms with Gasteiger partial charge >= 0.3 is 0 Å². The fraction of sp³-hybridized carbons (Fsp3) is 0.250. The summed E-state index contributed by atoms with van der Waals surface area (Å²) in [5, 5.41) is 3.10. The van der Waals surface area contributed by atoms with Crippen LogP contribution in [0.1, 0.15) is 17.2 Å². The van der Waals surface area contributed by atoms with E-state index in [2.05, 4.69) is 29.6 Å². The average molecular weight is 293 g/mol. The Labute approximate surface area is 122 Å². The van der Waals surface area contributed by atoms with Crippen LogP contribution in [0.15, 0.2) is 47.4 Å². The van der Waals surface area contributed by atoms with Gasteiger partial charge in [0.15, 0.2) is 0 Å². The van der Waals surface area contributed by atoms with E-state index < -0.39 is 11.6 Å². The van der Waals surface area contributed by atoms with E-state index in [0.29, 0.717) is 11.3 Å². The lowest BCUT2D eigenvalue weighted by Crippen LogP contribution is -2.19. The number of hydrogen-bond donors (Lipinski definition) is 1. The molecule has 0 aliphatic rings. The second-order valence-electron chi connectivity index (χ2n) is 4.67. The molecule has 0 heterocycles. The predicted octanol–water partition coefficient (Wildman–Crippen LogP) is 4.33. The van der Waals surface area contributed by atoms with Crippen LogP contribution in [0.4, 0.5) is 8.78 Å². The predicted molar refractivity (Wildman–Crippen MR) is 80.1 cm³/mol. The van der Waals surface area contributed by atoms with E-state index in [4.69, 9.17) is 0 Å². The van der Waals surface area contributed by atoms with Crippen molar-refractivity contribution in [3.05, 3.63) is 65.2 Å². The van der Waals surface area contributed by atoms with Gasteiger partial charge in [-0.25, -0.2) is 8.78 Å². The lowest BCUT2D eigenvalue weighted by atomic mass is 10.1. The van der Waals surface area contributed by atoms with Crippen LogP contribution in [-0.4, -0.2) is 12.8 Å². The van der Waals surface area contributed by atoms with Gasteiger partial charge in [0.25, 0.3) is 0 Å². The SMILES string of the molecule is CNC(CSc1ccc(C)cc1)c1cc(F)cc(F)c1. The Kier molecular flexibility index (Phi) is 5.15. The summed E-state index contributed by atoms with van der Waals surface area (Å²) in [4.78, 5) is 1.15. The van der Waals surface area contributed by atoms with Crippen molar-refractivity contribution in [3.8, 4) is 0 Å². The molecule has 0 aliphatic heterocycles. The largest absolute Gasteiger partial charge is 0.312 e. The zero-order valence-electron chi connectivity index (χ0n) is 11.5. The molecular formula is C16H17F2NS. The molecule has 0 aliphatic carbocycles. The Balaban J connectivity index is 2.07. The molecule has 4 heteroatoms. The van der Waals surface area contributed by atoms with Crippen molar-refractivity contribution in [2.75, 3.05) is 12.8 Å². The topological polar surface area (TPSA) is 12.0 Å². The molecule has 1 atom stereocenters. The quantitative estimate of drug-likeness (QED) is 0.824. The molecule has 1 N–H and O–H groups in total. The van der Waals surface area contributed by atoms with Gasteiger partial charge in [0.2, 0.25) is 0 Å². The van der Waals surface area contributed by atoms with Crippen LogP contribution in [-0.2, 0) is 0 Å². The molecule has 1 nitrogen and oxygen atoms in total. The van der Waals surface area contributed by atoms with Crippen molar-refractivity contribution in [1.29, 1.82) is 0 Å². The van der Waals surface area contributed by atoms with Crippen LogP contribution in [0.2, 0.25) is 0 Å². The molecule has 2 rings (SSSR count). The molecule has 2 aromatic rings. The molecule has 1 unspecified atom stereocenters. The molecule has 0 bridgehead atoms. The highest BCUT2D eigenvalue weighted by atomic mass is 32.2. The number of thioether (sulfide) groups is 1. The maximum Gasteiger partial charge on any atom is 0.126 e. The summed E-state index contributed by atoms with van der Waals surface area (Å²) in [6.07, 6.45) is 0. The maximum absolute atomic E-state index is 13.3. The molecule has 2 aromatic carbocycles. The third kappa shape index (κ3) is 4.05. The monoisotopic (exact) mass is 293 g/mol. The van der Waals surface area contributed by atoms with Gasteiger partial charge in [-0.1, -0.05) is 17.7 Å². The summed E-state index contributed by atoms with van der Waals surface area (Å²) >= 11 is 1.66. The summed E-state index contributed by atoms with van der Waals surface area (Å²) in [6.45, 7) is 2.04. The lowest BCUT2D eigenvalue weighted by molar-refractivity contribution is 0.568. The first-order chi connectivity index (χ1) is 9.58. The van der Waals surface area contributed by atoms with Crippen molar-refractivity contribution in [3.63, 3.8) is 0 Å². The van der Waals surface area contributed by atoms with Gasteiger partial charge in [-0.3, -0.25) is 0 Å². The fourth-order valence-electron chi connectivity index (χ4n) is 1.94. The highest BCUT2D eigenvalue weighted by molar-refractivity contribution is 7.99. The Bertz CT molecular complexity index is 549. The first kappa shape index (κ1) is 15.0. The minimum absolute atomic E-state index is 0.0912. The van der Waals surface area contributed by atoms with Gasteiger partial charge in [0.05, 0.1) is 0 Å². The minimum Gasteiger partial charge on any atom is -0.312 e. The third-order valence-electron chi connectivity index (χ3n) is 3.07. The van der Waals surface area contributed by atoms with Crippen molar-refractivity contribution in [2.24, 2.45) is 0 Å². The Hall–Kier alpha value is -1.39. The zero-order chi connectivity index (χ0) is 14.5. The number of hydrogen-bond acceptors (Lipinski definition) is 2. The summed E-state index contributed by atoms with van der Waals surface area (Å²) < 4.78 is 26.5. The molecule has 0 spiro atoms. The van der Waals surface area contributed by atoms with Crippen LogP contribution in [0, 0.1) is 18.6 Å². The minimum atomic E-state index is -0.541. The Morgan fingerprint density at radius 3 is 2.20 bits per heavy atom. The third-order valence-corrected chi connectivity index (χ3v) is 4.18. The first-order valence-corrected chi connectivity index (χ1v) is 7.40. The van der Waals surface area contributed by atoms with Crippen molar-refractivity contribution in [2.45, 2.75) is 17.9 Å². The molecule has 106 valence electrons. The standard InChI is InChI=1S/C16H17F2NS/c1-11-3-5-15(6-4-11)20-10-16(19-2)12-7-13(17)9-14(18)8-12/h3-9,16,19H,10H2,1-2H3.